The van der Waals surface area contributed by atoms with E-state index in [1.807, 2.05) is 36.4 Å². The van der Waals surface area contributed by atoms with Crippen LogP contribution in [0, 0.1) is 0 Å². The highest BCUT2D eigenvalue weighted by Crippen LogP contribution is 2.36. The zero-order valence-corrected chi connectivity index (χ0v) is 23.4. The Kier molecular flexibility index (Phi) is 7.35. The summed E-state index contributed by atoms with van der Waals surface area (Å²) in [4.78, 5) is 26.7. The van der Waals surface area contributed by atoms with Gasteiger partial charge in [-0.15, -0.1) is 10.2 Å². The van der Waals surface area contributed by atoms with E-state index in [9.17, 15) is 13.6 Å². The molecule has 1 aliphatic heterocycles. The Morgan fingerprint density at radius 3 is 2.49 bits per heavy atom. The lowest BCUT2D eigenvalue weighted by molar-refractivity contribution is 0.0385. The number of nitrogens with zero attached hydrogens (tertiary/aromatic N) is 8. The van der Waals surface area contributed by atoms with E-state index in [-0.39, 0.29) is 11.7 Å². The van der Waals surface area contributed by atoms with Crippen molar-refractivity contribution in [2.24, 2.45) is 0 Å². The van der Waals surface area contributed by atoms with Crippen molar-refractivity contribution in [2.75, 3.05) is 26.2 Å². The van der Waals surface area contributed by atoms with Gasteiger partial charge in [-0.1, -0.05) is 54.0 Å². The Labute approximate surface area is 246 Å². The number of piperazine rings is 1. The maximum Gasteiger partial charge on any atom is 0.350 e. The van der Waals surface area contributed by atoms with Crippen molar-refractivity contribution in [2.45, 2.75) is 44.2 Å². The van der Waals surface area contributed by atoms with Crippen LogP contribution in [-0.2, 0) is 0 Å². The standard InChI is InChI=1S/C31H30F2N8O2/c32-31(33)41-37-28(36-38-41)27(21-8-2-1-3-9-21)39-14-16-40(17-15-39)30(42)25-19-23(12-13-34-25)29-35-24-18-22(10-11-26(24)43-29)20-6-4-5-7-20/h1-3,8-13,18-20,27,31H,4-7,14-17H2. The van der Waals surface area contributed by atoms with Crippen molar-refractivity contribution in [3.05, 3.63) is 89.5 Å². The third-order valence-corrected chi connectivity index (χ3v) is 8.41. The van der Waals surface area contributed by atoms with Gasteiger partial charge in [-0.3, -0.25) is 14.7 Å². The summed E-state index contributed by atoms with van der Waals surface area (Å²) < 4.78 is 32.4. The van der Waals surface area contributed by atoms with Crippen molar-refractivity contribution in [1.29, 1.82) is 0 Å². The molecule has 1 atom stereocenters. The molecular weight excluding hydrogens is 554 g/mol. The number of fused-ring (bicyclic) bond motifs is 1. The van der Waals surface area contributed by atoms with Gasteiger partial charge in [-0.05, 0) is 59.4 Å². The Morgan fingerprint density at radius 1 is 0.953 bits per heavy atom. The van der Waals surface area contributed by atoms with Crippen LogP contribution < -0.4 is 0 Å². The largest absolute Gasteiger partial charge is 0.436 e. The predicted octanol–water partition coefficient (Wildman–Crippen LogP) is 5.48. The average Bonchev–Trinajstić information content (AvgIpc) is 3.83. The molecule has 2 aliphatic rings. The SMILES string of the molecule is O=C(c1cc(-c2nc3cc(C4CCCC4)ccc3o2)ccn1)N1CCN(C(c2ccccc2)c2nnn(C(F)F)n2)CC1. The molecule has 1 aliphatic carbocycles. The van der Waals surface area contributed by atoms with E-state index in [1.54, 1.807) is 23.2 Å². The Hall–Kier alpha value is -4.58. The quantitative estimate of drug-likeness (QED) is 0.248. The minimum Gasteiger partial charge on any atom is -0.436 e. The first-order valence-electron chi connectivity index (χ1n) is 14.6. The van der Waals surface area contributed by atoms with Crippen molar-refractivity contribution in [3.63, 3.8) is 0 Å². The number of halogens is 2. The molecule has 1 unspecified atom stereocenters. The molecule has 0 spiro atoms. The fraction of sp³-hybridized carbons (Fsp3) is 0.355. The number of hydrogen-bond acceptors (Lipinski definition) is 8. The molecule has 0 N–H and O–H groups in total. The second kappa shape index (κ2) is 11.6. The molecule has 5 aromatic rings. The number of aromatic nitrogens is 6. The van der Waals surface area contributed by atoms with Crippen molar-refractivity contribution in [3.8, 4) is 11.5 Å². The van der Waals surface area contributed by atoms with Gasteiger partial charge < -0.3 is 9.32 Å². The van der Waals surface area contributed by atoms with Crippen LogP contribution in [0.15, 0.2) is 71.3 Å². The van der Waals surface area contributed by atoms with Crippen LogP contribution in [0.4, 0.5) is 8.78 Å². The monoisotopic (exact) mass is 584 g/mol. The summed E-state index contributed by atoms with van der Waals surface area (Å²) in [6.45, 7) is -1.06. The molecule has 4 heterocycles. The smallest absolute Gasteiger partial charge is 0.350 e. The summed E-state index contributed by atoms with van der Waals surface area (Å²) in [6, 6.07) is 18.7. The van der Waals surface area contributed by atoms with Gasteiger partial charge in [0, 0.05) is 37.9 Å². The third kappa shape index (κ3) is 5.50. The van der Waals surface area contributed by atoms with E-state index in [1.165, 1.54) is 31.2 Å². The number of pyridine rings is 1. The van der Waals surface area contributed by atoms with Gasteiger partial charge >= 0.3 is 6.55 Å². The molecule has 2 fully saturated rings. The van der Waals surface area contributed by atoms with Crippen LogP contribution in [0.25, 0.3) is 22.6 Å². The third-order valence-electron chi connectivity index (χ3n) is 8.41. The van der Waals surface area contributed by atoms with E-state index < -0.39 is 12.6 Å². The van der Waals surface area contributed by atoms with Crippen molar-refractivity contribution < 1.29 is 18.0 Å². The first-order chi connectivity index (χ1) is 21.0. The summed E-state index contributed by atoms with van der Waals surface area (Å²) >= 11 is 0. The molecule has 0 bridgehead atoms. The van der Waals surface area contributed by atoms with Crippen LogP contribution in [0.1, 0.15) is 71.6 Å². The van der Waals surface area contributed by atoms with Gasteiger partial charge in [-0.25, -0.2) is 4.98 Å². The van der Waals surface area contributed by atoms with E-state index in [2.05, 4.69) is 37.4 Å². The predicted molar refractivity (Wildman–Crippen MR) is 153 cm³/mol. The van der Waals surface area contributed by atoms with Gasteiger partial charge in [-0.2, -0.15) is 8.78 Å². The van der Waals surface area contributed by atoms with Crippen LogP contribution in [-0.4, -0.2) is 72.1 Å². The number of carbonyl (C=O) groups excluding carboxylic acids is 1. The first-order valence-corrected chi connectivity index (χ1v) is 14.6. The molecule has 1 saturated carbocycles. The van der Waals surface area contributed by atoms with Crippen molar-refractivity contribution in [1.82, 2.24) is 40.0 Å². The van der Waals surface area contributed by atoms with Gasteiger partial charge in [0.1, 0.15) is 11.2 Å². The van der Waals surface area contributed by atoms with E-state index in [4.69, 9.17) is 9.40 Å². The second-order valence-corrected chi connectivity index (χ2v) is 11.0. The Bertz CT molecular complexity index is 1730. The molecule has 43 heavy (non-hydrogen) atoms. The van der Waals surface area contributed by atoms with E-state index in [0.29, 0.717) is 59.6 Å². The van der Waals surface area contributed by atoms with Gasteiger partial charge in [0.15, 0.2) is 11.4 Å². The molecule has 10 nitrogen and oxygen atoms in total. The molecular formula is C31H30F2N8O2. The number of benzene rings is 2. The fourth-order valence-electron chi connectivity index (χ4n) is 6.19. The number of alkyl halides is 2. The second-order valence-electron chi connectivity index (χ2n) is 11.0. The molecule has 3 aromatic heterocycles. The number of rotatable bonds is 7. The Balaban J connectivity index is 1.07. The number of amides is 1. The average molecular weight is 585 g/mol. The maximum absolute atomic E-state index is 13.5. The van der Waals surface area contributed by atoms with Crippen LogP contribution >= 0.6 is 0 Å². The number of carbonyl (C=O) groups is 1. The minimum absolute atomic E-state index is 0.189. The molecule has 0 radical (unpaired) electrons. The van der Waals surface area contributed by atoms with Gasteiger partial charge in [0.25, 0.3) is 5.91 Å². The molecule has 7 rings (SSSR count). The Morgan fingerprint density at radius 2 is 1.74 bits per heavy atom. The lowest BCUT2D eigenvalue weighted by atomic mass is 9.97. The van der Waals surface area contributed by atoms with E-state index >= 15 is 0 Å². The van der Waals surface area contributed by atoms with Crippen LogP contribution in [0.5, 0.6) is 0 Å². The van der Waals surface area contributed by atoms with Gasteiger partial charge in [0.2, 0.25) is 5.89 Å². The molecule has 1 saturated heterocycles. The lowest BCUT2D eigenvalue weighted by Gasteiger charge is -2.38. The number of tetrazole rings is 1. The summed E-state index contributed by atoms with van der Waals surface area (Å²) in [5.41, 5.74) is 4.69. The molecule has 12 heteroatoms. The van der Waals surface area contributed by atoms with Crippen molar-refractivity contribution >= 4 is 17.0 Å². The fourth-order valence-corrected chi connectivity index (χ4v) is 6.19. The van der Waals surface area contributed by atoms with Crippen LogP contribution in [0.3, 0.4) is 0 Å². The highest BCUT2D eigenvalue weighted by Gasteiger charge is 2.32. The van der Waals surface area contributed by atoms with Gasteiger partial charge in [0.05, 0.1) is 6.04 Å². The first kappa shape index (κ1) is 27.3. The molecule has 2 aromatic carbocycles. The van der Waals surface area contributed by atoms with E-state index in [0.717, 1.165) is 11.1 Å². The summed E-state index contributed by atoms with van der Waals surface area (Å²) in [6.07, 6.45) is 6.56. The summed E-state index contributed by atoms with van der Waals surface area (Å²) in [5, 5.41) is 11.4. The summed E-state index contributed by atoms with van der Waals surface area (Å²) in [7, 11) is 0. The highest BCUT2D eigenvalue weighted by atomic mass is 19.3. The highest BCUT2D eigenvalue weighted by molar-refractivity contribution is 5.93. The van der Waals surface area contributed by atoms with Crippen LogP contribution in [0.2, 0.25) is 0 Å². The normalized spacial score (nSPS) is 17.2. The lowest BCUT2D eigenvalue weighted by Crippen LogP contribution is -2.50. The topological polar surface area (TPSA) is 106 Å². The number of oxazole rings is 1. The zero-order chi connectivity index (χ0) is 29.3. The molecule has 220 valence electrons. The zero-order valence-electron chi connectivity index (χ0n) is 23.4. The maximum atomic E-state index is 13.5. The summed E-state index contributed by atoms with van der Waals surface area (Å²) in [5.74, 6) is 1.03. The minimum atomic E-state index is -2.88. The molecule has 1 amide bonds. The number of hydrogen-bond donors (Lipinski definition) is 0.